The van der Waals surface area contributed by atoms with Crippen LogP contribution in [0.1, 0.15) is 31.4 Å². The Morgan fingerprint density at radius 2 is 1.72 bits per heavy atom. The zero-order valence-corrected chi connectivity index (χ0v) is 18.2. The van der Waals surface area contributed by atoms with E-state index in [1.54, 1.807) is 38.1 Å². The maximum Gasteiger partial charge on any atom is 0.407 e. The van der Waals surface area contributed by atoms with Gasteiger partial charge in [0.25, 0.3) is 0 Å². The lowest BCUT2D eigenvalue weighted by Gasteiger charge is -2.20. The number of rotatable bonds is 10. The lowest BCUT2D eigenvalue weighted by Crippen LogP contribution is -2.45. The van der Waals surface area contributed by atoms with Gasteiger partial charge in [0.05, 0.1) is 13.2 Å². The molecule has 0 bridgehead atoms. The third-order valence-electron chi connectivity index (χ3n) is 4.56. The first-order valence-corrected chi connectivity index (χ1v) is 10.4. The summed E-state index contributed by atoms with van der Waals surface area (Å²) in [5.74, 6) is -1.57. The van der Waals surface area contributed by atoms with E-state index < -0.39 is 29.8 Å². The molecule has 0 saturated heterocycles. The maximum atomic E-state index is 14.4. The molecule has 32 heavy (non-hydrogen) atoms. The Morgan fingerprint density at radius 1 is 1.03 bits per heavy atom. The molecule has 4 N–H and O–H groups in total. The molecule has 0 fully saturated rings. The van der Waals surface area contributed by atoms with E-state index in [0.717, 1.165) is 5.56 Å². The van der Waals surface area contributed by atoms with Crippen molar-refractivity contribution in [3.8, 4) is 0 Å². The highest BCUT2D eigenvalue weighted by Gasteiger charge is 2.23. The molecule has 0 saturated carbocycles. The van der Waals surface area contributed by atoms with E-state index in [0.29, 0.717) is 5.69 Å². The second-order valence-corrected chi connectivity index (χ2v) is 6.92. The van der Waals surface area contributed by atoms with Crippen molar-refractivity contribution in [3.05, 3.63) is 59.4 Å². The number of alkyl carbamates (subject to hydrolysis) is 1. The Kier molecular flexibility index (Phi) is 9.46. The minimum atomic E-state index is -0.987. The van der Waals surface area contributed by atoms with Gasteiger partial charge in [-0.25, -0.2) is 9.18 Å². The van der Waals surface area contributed by atoms with Crippen LogP contribution in [0.15, 0.2) is 42.5 Å². The molecule has 1 atom stereocenters. The summed E-state index contributed by atoms with van der Waals surface area (Å²) in [6.45, 7) is 3.71. The van der Waals surface area contributed by atoms with Crippen LogP contribution >= 0.6 is 0 Å². The molecular weight excluding hydrogens is 417 g/mol. The third kappa shape index (κ3) is 7.57. The number of hydrogen-bond donors (Lipinski definition) is 3. The van der Waals surface area contributed by atoms with Crippen LogP contribution < -0.4 is 16.4 Å². The van der Waals surface area contributed by atoms with Crippen molar-refractivity contribution in [1.29, 1.82) is 0 Å². The van der Waals surface area contributed by atoms with Gasteiger partial charge >= 0.3 is 12.1 Å². The second-order valence-electron chi connectivity index (χ2n) is 6.92. The Balaban J connectivity index is 2.20. The normalized spacial score (nSPS) is 11.3. The lowest BCUT2D eigenvalue weighted by atomic mass is 10.0. The summed E-state index contributed by atoms with van der Waals surface area (Å²) in [6, 6.07) is 10.1. The number of anilines is 2. The number of esters is 1. The topological polar surface area (TPSA) is 120 Å². The summed E-state index contributed by atoms with van der Waals surface area (Å²) in [5.41, 5.74) is 7.42. The van der Waals surface area contributed by atoms with E-state index in [2.05, 4.69) is 10.6 Å². The van der Waals surface area contributed by atoms with Crippen molar-refractivity contribution in [2.24, 2.45) is 0 Å². The van der Waals surface area contributed by atoms with Crippen LogP contribution in [0.5, 0.6) is 0 Å². The molecule has 8 nitrogen and oxygen atoms in total. The number of nitrogens with two attached hydrogens (primary N) is 1. The van der Waals surface area contributed by atoms with Crippen LogP contribution in [0.2, 0.25) is 0 Å². The molecule has 0 spiro atoms. The highest BCUT2D eigenvalue weighted by Crippen LogP contribution is 2.22. The van der Waals surface area contributed by atoms with Gasteiger partial charge < -0.3 is 25.8 Å². The van der Waals surface area contributed by atoms with E-state index in [4.69, 9.17) is 15.2 Å². The molecule has 2 aromatic carbocycles. The second kappa shape index (κ2) is 12.3. The molecule has 9 heteroatoms. The molecular formula is C23H28FN3O5. The summed E-state index contributed by atoms with van der Waals surface area (Å²) < 4.78 is 24.2. The van der Waals surface area contributed by atoms with Gasteiger partial charge in [-0.05, 0) is 50.1 Å². The van der Waals surface area contributed by atoms with Crippen LogP contribution in [-0.2, 0) is 31.9 Å². The Morgan fingerprint density at radius 3 is 2.38 bits per heavy atom. The lowest BCUT2D eigenvalue weighted by molar-refractivity contribution is -0.143. The molecule has 0 heterocycles. The molecule has 0 radical (unpaired) electrons. The highest BCUT2D eigenvalue weighted by atomic mass is 19.1. The average Bonchev–Trinajstić information content (AvgIpc) is 2.74. The van der Waals surface area contributed by atoms with Crippen molar-refractivity contribution in [3.63, 3.8) is 0 Å². The average molecular weight is 445 g/mol. The Hall–Kier alpha value is -3.62. The number of carbonyl (C=O) groups is 3. The van der Waals surface area contributed by atoms with E-state index in [1.165, 1.54) is 18.2 Å². The molecule has 2 aromatic rings. The van der Waals surface area contributed by atoms with Gasteiger partial charge in [-0.3, -0.25) is 9.59 Å². The van der Waals surface area contributed by atoms with Crippen LogP contribution in [0.3, 0.4) is 0 Å². The molecule has 2 rings (SSSR count). The first-order chi connectivity index (χ1) is 15.3. The van der Waals surface area contributed by atoms with Gasteiger partial charge in [-0.1, -0.05) is 18.2 Å². The van der Waals surface area contributed by atoms with Gasteiger partial charge in [0.15, 0.2) is 0 Å². The monoisotopic (exact) mass is 445 g/mol. The number of ether oxygens (including phenoxy) is 2. The van der Waals surface area contributed by atoms with Gasteiger partial charge in [-0.2, -0.15) is 0 Å². The standard InChI is InChI=1S/C23H28FN3O5/c1-3-31-21(28)13-12-17-18(24)6-5-7-19(17)26-22(29)20(27-23(30)32-4-2)14-15-8-10-16(25)11-9-15/h5-11,20H,3-4,12-14,25H2,1-2H3,(H,26,29)(H,27,30)/t20-/m0/s1. The van der Waals surface area contributed by atoms with Crippen LogP contribution in [0.25, 0.3) is 0 Å². The van der Waals surface area contributed by atoms with E-state index in [9.17, 15) is 18.8 Å². The maximum absolute atomic E-state index is 14.4. The molecule has 0 unspecified atom stereocenters. The number of halogens is 1. The summed E-state index contributed by atoms with van der Waals surface area (Å²) in [5, 5.41) is 5.19. The highest BCUT2D eigenvalue weighted by molar-refractivity contribution is 5.97. The SMILES string of the molecule is CCOC(=O)CCc1c(F)cccc1NC(=O)[C@H](Cc1ccc(N)cc1)NC(=O)OCC. The van der Waals surface area contributed by atoms with Gasteiger partial charge in [0.2, 0.25) is 5.91 Å². The van der Waals surface area contributed by atoms with E-state index in [1.807, 2.05) is 0 Å². The van der Waals surface area contributed by atoms with Crippen molar-refractivity contribution in [2.45, 2.75) is 39.2 Å². The fourth-order valence-electron chi connectivity index (χ4n) is 3.02. The molecule has 172 valence electrons. The number of nitrogen functional groups attached to an aromatic ring is 1. The molecule has 0 aliphatic carbocycles. The van der Waals surface area contributed by atoms with E-state index in [-0.39, 0.29) is 43.7 Å². The van der Waals surface area contributed by atoms with Crippen LogP contribution in [0.4, 0.5) is 20.6 Å². The largest absolute Gasteiger partial charge is 0.466 e. The van der Waals surface area contributed by atoms with Gasteiger partial charge in [-0.15, -0.1) is 0 Å². The number of nitrogens with one attached hydrogen (secondary N) is 2. The number of hydrogen-bond acceptors (Lipinski definition) is 6. The predicted molar refractivity (Wildman–Crippen MR) is 118 cm³/mol. The summed E-state index contributed by atoms with van der Waals surface area (Å²) in [6.07, 6.45) is -0.564. The summed E-state index contributed by atoms with van der Waals surface area (Å²) in [4.78, 5) is 36.7. The van der Waals surface area contributed by atoms with E-state index >= 15 is 0 Å². The zero-order valence-electron chi connectivity index (χ0n) is 18.2. The van der Waals surface area contributed by atoms with Crippen LogP contribution in [-0.4, -0.2) is 37.2 Å². The molecule has 2 amide bonds. The third-order valence-corrected chi connectivity index (χ3v) is 4.56. The summed E-state index contributed by atoms with van der Waals surface area (Å²) >= 11 is 0. The van der Waals surface area contributed by atoms with Gasteiger partial charge in [0.1, 0.15) is 11.9 Å². The van der Waals surface area contributed by atoms with Gasteiger partial charge in [0, 0.05) is 29.8 Å². The molecule has 0 aromatic heterocycles. The smallest absolute Gasteiger partial charge is 0.407 e. The fraction of sp³-hybridized carbons (Fsp3) is 0.348. The quantitative estimate of drug-likeness (QED) is 0.382. The number of carbonyl (C=O) groups excluding carboxylic acids is 3. The number of amides is 2. The zero-order chi connectivity index (χ0) is 23.5. The van der Waals surface area contributed by atoms with Crippen molar-refractivity contribution in [2.75, 3.05) is 24.3 Å². The first kappa shape index (κ1) is 24.6. The van der Waals surface area contributed by atoms with Crippen molar-refractivity contribution < 1.29 is 28.2 Å². The predicted octanol–water partition coefficient (Wildman–Crippen LogP) is 3.20. The summed E-state index contributed by atoms with van der Waals surface area (Å²) in [7, 11) is 0. The Bertz CT molecular complexity index is 934. The Labute approximate surface area is 186 Å². The molecule has 0 aliphatic heterocycles. The van der Waals surface area contributed by atoms with Crippen molar-refractivity contribution in [1.82, 2.24) is 5.32 Å². The molecule has 0 aliphatic rings. The minimum absolute atomic E-state index is 0.0341. The van der Waals surface area contributed by atoms with Crippen LogP contribution in [0, 0.1) is 5.82 Å². The first-order valence-electron chi connectivity index (χ1n) is 10.4. The fourth-order valence-corrected chi connectivity index (χ4v) is 3.02. The number of benzene rings is 2. The van der Waals surface area contributed by atoms with Crippen molar-refractivity contribution >= 4 is 29.3 Å². The minimum Gasteiger partial charge on any atom is -0.466 e.